The summed E-state index contributed by atoms with van der Waals surface area (Å²) >= 11 is 2.53. The minimum atomic E-state index is -4.24. The van der Waals surface area contributed by atoms with Crippen LogP contribution in [0.1, 0.15) is 0 Å². The van der Waals surface area contributed by atoms with E-state index in [0.717, 1.165) is 28.3 Å². The molecule has 1 N–H and O–H groups in total. The molecule has 0 aliphatic rings. The molecular formula is C13H8F2N2O2S3. The highest BCUT2D eigenvalue weighted by molar-refractivity contribution is 7.93. The molecule has 0 radical (unpaired) electrons. The first-order chi connectivity index (χ1) is 10.5. The summed E-state index contributed by atoms with van der Waals surface area (Å²) in [6.07, 6.45) is 0. The third-order valence-electron chi connectivity index (χ3n) is 2.68. The molecule has 0 saturated heterocycles. The maximum atomic E-state index is 13.6. The van der Waals surface area contributed by atoms with Gasteiger partial charge in [0.2, 0.25) is 0 Å². The van der Waals surface area contributed by atoms with E-state index in [0.29, 0.717) is 11.8 Å². The van der Waals surface area contributed by atoms with E-state index in [1.54, 1.807) is 5.38 Å². The van der Waals surface area contributed by atoms with Gasteiger partial charge < -0.3 is 0 Å². The Balaban J connectivity index is 1.90. The number of thiazole rings is 1. The standard InChI is InChI=1S/C13H8F2N2O2S3/c14-8-3-4-9(15)12(6-8)22(18,19)17-13-16-10(7-21-13)11-2-1-5-20-11/h1-7H,(H,16,17). The highest BCUT2D eigenvalue weighted by atomic mass is 32.2. The predicted molar refractivity (Wildman–Crippen MR) is 82.6 cm³/mol. The third-order valence-corrected chi connectivity index (χ3v) is 5.82. The zero-order valence-corrected chi connectivity index (χ0v) is 13.2. The number of halogens is 2. The van der Waals surface area contributed by atoms with Crippen LogP contribution in [-0.4, -0.2) is 13.4 Å². The summed E-state index contributed by atoms with van der Waals surface area (Å²) in [5.41, 5.74) is 0.623. The molecule has 114 valence electrons. The molecule has 3 rings (SSSR count). The Morgan fingerprint density at radius 3 is 2.68 bits per heavy atom. The first-order valence-corrected chi connectivity index (χ1v) is 9.17. The highest BCUT2D eigenvalue weighted by Gasteiger charge is 2.21. The summed E-state index contributed by atoms with van der Waals surface area (Å²) in [4.78, 5) is 4.28. The van der Waals surface area contributed by atoms with Crippen LogP contribution in [0.4, 0.5) is 13.9 Å². The van der Waals surface area contributed by atoms with Gasteiger partial charge >= 0.3 is 0 Å². The van der Waals surface area contributed by atoms with E-state index >= 15 is 0 Å². The van der Waals surface area contributed by atoms with Crippen LogP contribution in [0.3, 0.4) is 0 Å². The monoisotopic (exact) mass is 358 g/mol. The van der Waals surface area contributed by atoms with E-state index in [4.69, 9.17) is 0 Å². The Labute approximate surface area is 133 Å². The van der Waals surface area contributed by atoms with Gasteiger partial charge in [0.1, 0.15) is 16.5 Å². The van der Waals surface area contributed by atoms with Crippen LogP contribution in [-0.2, 0) is 10.0 Å². The first-order valence-electron chi connectivity index (χ1n) is 5.93. The Hall–Kier alpha value is -1.84. The van der Waals surface area contributed by atoms with Gasteiger partial charge in [-0.25, -0.2) is 22.2 Å². The number of anilines is 1. The van der Waals surface area contributed by atoms with Crippen molar-refractivity contribution in [1.29, 1.82) is 0 Å². The van der Waals surface area contributed by atoms with Crippen molar-refractivity contribution in [1.82, 2.24) is 4.98 Å². The zero-order chi connectivity index (χ0) is 15.7. The second-order valence-corrected chi connectivity index (χ2v) is 7.65. The molecule has 0 aliphatic heterocycles. The predicted octanol–water partition coefficient (Wildman–Crippen LogP) is 3.95. The van der Waals surface area contributed by atoms with E-state index < -0.39 is 26.6 Å². The van der Waals surface area contributed by atoms with E-state index in [2.05, 4.69) is 9.71 Å². The third kappa shape index (κ3) is 3.01. The molecule has 1 aromatic carbocycles. The number of nitrogens with one attached hydrogen (secondary N) is 1. The Bertz CT molecular complexity index is 905. The Morgan fingerprint density at radius 2 is 1.95 bits per heavy atom. The lowest BCUT2D eigenvalue weighted by Gasteiger charge is -2.06. The van der Waals surface area contributed by atoms with Crippen molar-refractivity contribution in [3.63, 3.8) is 0 Å². The molecule has 0 amide bonds. The second kappa shape index (κ2) is 5.75. The van der Waals surface area contributed by atoms with E-state index in [9.17, 15) is 17.2 Å². The lowest BCUT2D eigenvalue weighted by atomic mass is 10.3. The van der Waals surface area contributed by atoms with Crippen molar-refractivity contribution in [2.24, 2.45) is 0 Å². The van der Waals surface area contributed by atoms with Crippen LogP contribution in [0.15, 0.2) is 46.0 Å². The van der Waals surface area contributed by atoms with Gasteiger partial charge in [0.15, 0.2) is 5.13 Å². The molecule has 4 nitrogen and oxygen atoms in total. The fraction of sp³-hybridized carbons (Fsp3) is 0. The van der Waals surface area contributed by atoms with Crippen LogP contribution in [0.5, 0.6) is 0 Å². The highest BCUT2D eigenvalue weighted by Crippen LogP contribution is 2.29. The molecule has 0 unspecified atom stereocenters. The summed E-state index contributed by atoms with van der Waals surface area (Å²) in [6.45, 7) is 0. The summed E-state index contributed by atoms with van der Waals surface area (Å²) in [5, 5.41) is 3.65. The van der Waals surface area contributed by atoms with Gasteiger partial charge in [-0.15, -0.1) is 22.7 Å². The average Bonchev–Trinajstić information content (AvgIpc) is 3.11. The molecule has 0 saturated carbocycles. The van der Waals surface area contributed by atoms with Crippen molar-refractivity contribution >= 4 is 37.8 Å². The van der Waals surface area contributed by atoms with Crippen molar-refractivity contribution < 1.29 is 17.2 Å². The van der Waals surface area contributed by atoms with Crippen molar-refractivity contribution in [3.8, 4) is 10.6 Å². The molecular weight excluding hydrogens is 350 g/mol. The van der Waals surface area contributed by atoms with Gasteiger partial charge in [0.05, 0.1) is 10.6 Å². The first kappa shape index (κ1) is 15.1. The SMILES string of the molecule is O=S(=O)(Nc1nc(-c2cccs2)cs1)c1cc(F)ccc1F. The lowest BCUT2D eigenvalue weighted by Crippen LogP contribution is -2.14. The fourth-order valence-electron chi connectivity index (χ4n) is 1.71. The van der Waals surface area contributed by atoms with E-state index in [1.165, 1.54) is 11.3 Å². The van der Waals surface area contributed by atoms with Gasteiger partial charge in [-0.2, -0.15) is 0 Å². The van der Waals surface area contributed by atoms with Crippen LogP contribution in [0.2, 0.25) is 0 Å². The van der Waals surface area contributed by atoms with Gasteiger partial charge in [-0.3, -0.25) is 4.72 Å². The van der Waals surface area contributed by atoms with E-state index in [-0.39, 0.29) is 5.13 Å². The molecule has 0 atom stereocenters. The smallest absolute Gasteiger partial charge is 0.255 e. The van der Waals surface area contributed by atoms with Crippen molar-refractivity contribution in [2.45, 2.75) is 4.90 Å². The van der Waals surface area contributed by atoms with Crippen LogP contribution in [0, 0.1) is 11.6 Å². The van der Waals surface area contributed by atoms with Crippen molar-refractivity contribution in [3.05, 3.63) is 52.7 Å². The molecule has 2 heterocycles. The molecule has 3 aromatic rings. The summed E-state index contributed by atoms with van der Waals surface area (Å²) < 4.78 is 53.1. The van der Waals surface area contributed by atoms with Gasteiger partial charge in [0, 0.05) is 5.38 Å². The molecule has 2 aromatic heterocycles. The average molecular weight is 358 g/mol. The molecule has 22 heavy (non-hydrogen) atoms. The van der Waals surface area contributed by atoms with Crippen LogP contribution >= 0.6 is 22.7 Å². The van der Waals surface area contributed by atoms with Gasteiger partial charge in [-0.1, -0.05) is 6.07 Å². The number of rotatable bonds is 4. The number of sulfonamides is 1. The molecule has 0 aliphatic carbocycles. The quantitative estimate of drug-likeness (QED) is 0.768. The topological polar surface area (TPSA) is 59.1 Å². The second-order valence-electron chi connectivity index (χ2n) is 4.20. The largest absolute Gasteiger partial charge is 0.266 e. The minimum absolute atomic E-state index is 0.0899. The maximum Gasteiger partial charge on any atom is 0.266 e. The van der Waals surface area contributed by atoms with Crippen LogP contribution in [0.25, 0.3) is 10.6 Å². The van der Waals surface area contributed by atoms with Gasteiger partial charge in [-0.05, 0) is 29.6 Å². The number of aromatic nitrogens is 1. The molecule has 9 heteroatoms. The number of nitrogens with zero attached hydrogens (tertiary/aromatic N) is 1. The van der Waals surface area contributed by atoms with E-state index in [1.807, 2.05) is 17.5 Å². The number of thiophene rings is 1. The molecule has 0 fully saturated rings. The fourth-order valence-corrected chi connectivity index (χ4v) is 4.53. The normalized spacial score (nSPS) is 11.5. The molecule has 0 spiro atoms. The van der Waals surface area contributed by atoms with Crippen molar-refractivity contribution in [2.75, 3.05) is 4.72 Å². The summed E-state index contributed by atoms with van der Waals surface area (Å²) in [6, 6.07) is 5.95. The summed E-state index contributed by atoms with van der Waals surface area (Å²) in [5.74, 6) is -1.86. The summed E-state index contributed by atoms with van der Waals surface area (Å²) in [7, 11) is -4.24. The maximum absolute atomic E-state index is 13.6. The number of benzene rings is 1. The molecule has 0 bridgehead atoms. The lowest BCUT2D eigenvalue weighted by molar-refractivity contribution is 0.555. The number of hydrogen-bond acceptors (Lipinski definition) is 5. The minimum Gasteiger partial charge on any atom is -0.255 e. The Kier molecular flexibility index (Phi) is 3.94. The van der Waals surface area contributed by atoms with Gasteiger partial charge in [0.25, 0.3) is 10.0 Å². The number of hydrogen-bond donors (Lipinski definition) is 1. The Morgan fingerprint density at radius 1 is 1.14 bits per heavy atom. The van der Waals surface area contributed by atoms with Crippen LogP contribution < -0.4 is 4.72 Å². The zero-order valence-electron chi connectivity index (χ0n) is 10.8.